The van der Waals surface area contributed by atoms with Gasteiger partial charge in [0.1, 0.15) is 17.2 Å². The number of furan rings is 1. The molecule has 0 unspecified atom stereocenters. The average Bonchev–Trinajstić information content (AvgIpc) is 3.20. The van der Waals surface area contributed by atoms with E-state index in [1.54, 1.807) is 19.1 Å². The van der Waals surface area contributed by atoms with Gasteiger partial charge in [0.25, 0.3) is 5.91 Å². The Morgan fingerprint density at radius 2 is 1.78 bits per heavy atom. The molecule has 9 nitrogen and oxygen atoms in total. The van der Waals surface area contributed by atoms with Crippen LogP contribution < -0.4 is 9.62 Å². The van der Waals surface area contributed by atoms with Gasteiger partial charge in [-0.2, -0.15) is 0 Å². The molecule has 4 aromatic rings. The molecular weight excluding hydrogens is 489 g/mol. The van der Waals surface area contributed by atoms with Gasteiger partial charge in [0.15, 0.2) is 5.69 Å². The molecule has 36 heavy (non-hydrogen) atoms. The van der Waals surface area contributed by atoms with Gasteiger partial charge < -0.3 is 14.8 Å². The minimum atomic E-state index is -3.74. The summed E-state index contributed by atoms with van der Waals surface area (Å²) in [6.07, 6.45) is 1.02. The molecule has 1 amide bonds. The number of hydrogen-bond acceptors (Lipinski definition) is 6. The molecule has 0 atom stereocenters. The SMILES string of the molecule is CNC(=O)c1c(-c2ccc(F)cc2)oc2cc(N(C)S(C)(=O)=O)c(-c3ccc(C)c(C(=O)O)n3)cc12. The first kappa shape index (κ1) is 24.9. The summed E-state index contributed by atoms with van der Waals surface area (Å²) in [6, 6.07) is 11.5. The first-order valence-electron chi connectivity index (χ1n) is 10.7. The van der Waals surface area contributed by atoms with Crippen molar-refractivity contribution in [1.29, 1.82) is 0 Å². The number of benzene rings is 2. The zero-order chi connectivity index (χ0) is 26.4. The van der Waals surface area contributed by atoms with Crippen molar-refractivity contribution in [3.8, 4) is 22.6 Å². The van der Waals surface area contributed by atoms with Crippen LogP contribution in [0.3, 0.4) is 0 Å². The van der Waals surface area contributed by atoms with Crippen molar-refractivity contribution < 1.29 is 31.9 Å². The van der Waals surface area contributed by atoms with Crippen LogP contribution in [0.2, 0.25) is 0 Å². The molecule has 2 aromatic carbocycles. The number of anilines is 1. The van der Waals surface area contributed by atoms with E-state index in [0.717, 1.165) is 10.6 Å². The monoisotopic (exact) mass is 511 g/mol. The van der Waals surface area contributed by atoms with E-state index in [4.69, 9.17) is 4.42 Å². The van der Waals surface area contributed by atoms with Gasteiger partial charge in [-0.1, -0.05) is 6.07 Å². The Morgan fingerprint density at radius 1 is 1.11 bits per heavy atom. The highest BCUT2D eigenvalue weighted by Crippen LogP contribution is 2.41. The summed E-state index contributed by atoms with van der Waals surface area (Å²) in [5.41, 5.74) is 1.66. The second-order valence-electron chi connectivity index (χ2n) is 8.16. The summed E-state index contributed by atoms with van der Waals surface area (Å²) in [5, 5.41) is 12.5. The first-order chi connectivity index (χ1) is 16.9. The van der Waals surface area contributed by atoms with Gasteiger partial charge in [0.2, 0.25) is 10.0 Å². The molecule has 0 saturated heterocycles. The fourth-order valence-corrected chi connectivity index (χ4v) is 4.34. The van der Waals surface area contributed by atoms with Gasteiger partial charge in [-0.3, -0.25) is 9.10 Å². The van der Waals surface area contributed by atoms with Gasteiger partial charge in [0, 0.05) is 36.7 Å². The summed E-state index contributed by atoms with van der Waals surface area (Å²) in [5.74, 6) is -2.01. The Hall–Kier alpha value is -4.25. The third-order valence-electron chi connectivity index (χ3n) is 5.78. The lowest BCUT2D eigenvalue weighted by molar-refractivity contribution is 0.0689. The van der Waals surface area contributed by atoms with Crippen LogP contribution in [0.25, 0.3) is 33.6 Å². The number of carboxylic acids is 1. The van der Waals surface area contributed by atoms with Crippen LogP contribution >= 0.6 is 0 Å². The van der Waals surface area contributed by atoms with Gasteiger partial charge in [-0.05, 0) is 48.9 Å². The molecule has 0 aliphatic heterocycles. The molecule has 0 spiro atoms. The number of aryl methyl sites for hydroxylation is 1. The standard InChI is InChI=1S/C25H22FN3O6S/c1-13-5-10-18(28-22(13)25(31)32)16-11-17-20(12-19(16)29(3)36(4,33)34)35-23(21(17)24(30)27-2)14-6-8-15(26)9-7-14/h5-12H,1-4H3,(H,27,30)(H,31,32). The molecule has 2 aromatic heterocycles. The molecule has 0 bridgehead atoms. The second-order valence-corrected chi connectivity index (χ2v) is 10.2. The predicted molar refractivity (Wildman–Crippen MR) is 133 cm³/mol. The summed E-state index contributed by atoms with van der Waals surface area (Å²) in [4.78, 5) is 28.9. The van der Waals surface area contributed by atoms with Crippen molar-refractivity contribution in [2.24, 2.45) is 0 Å². The number of pyridine rings is 1. The largest absolute Gasteiger partial charge is 0.477 e. The molecule has 2 N–H and O–H groups in total. The summed E-state index contributed by atoms with van der Waals surface area (Å²) >= 11 is 0. The highest BCUT2D eigenvalue weighted by molar-refractivity contribution is 7.92. The number of hydrogen-bond donors (Lipinski definition) is 2. The van der Waals surface area contributed by atoms with Crippen molar-refractivity contribution in [2.75, 3.05) is 24.7 Å². The van der Waals surface area contributed by atoms with Crippen LogP contribution in [0.4, 0.5) is 10.1 Å². The number of fused-ring (bicyclic) bond motifs is 1. The van der Waals surface area contributed by atoms with Gasteiger partial charge in [-0.25, -0.2) is 22.6 Å². The lowest BCUT2D eigenvalue weighted by Gasteiger charge is -2.20. The highest BCUT2D eigenvalue weighted by atomic mass is 32.2. The zero-order valence-corrected chi connectivity index (χ0v) is 20.6. The molecule has 2 heterocycles. The number of halogens is 1. The fraction of sp³-hybridized carbons (Fsp3) is 0.160. The number of nitrogens with zero attached hydrogens (tertiary/aromatic N) is 2. The predicted octanol–water partition coefficient (Wildman–Crippen LogP) is 4.06. The van der Waals surface area contributed by atoms with Crippen molar-refractivity contribution in [3.63, 3.8) is 0 Å². The number of amides is 1. The van der Waals surface area contributed by atoms with Crippen molar-refractivity contribution in [1.82, 2.24) is 10.3 Å². The van der Waals surface area contributed by atoms with Crippen LogP contribution in [0.1, 0.15) is 26.4 Å². The van der Waals surface area contributed by atoms with E-state index in [-0.39, 0.29) is 39.5 Å². The lowest BCUT2D eigenvalue weighted by atomic mass is 10.00. The summed E-state index contributed by atoms with van der Waals surface area (Å²) in [7, 11) is -0.954. The number of sulfonamides is 1. The van der Waals surface area contributed by atoms with Crippen LogP contribution in [0, 0.1) is 12.7 Å². The fourth-order valence-electron chi connectivity index (χ4n) is 3.83. The maximum absolute atomic E-state index is 13.5. The minimum absolute atomic E-state index is 0.152. The number of carboxylic acid groups (broad SMARTS) is 1. The molecule has 4 rings (SSSR count). The zero-order valence-electron chi connectivity index (χ0n) is 19.8. The third kappa shape index (κ3) is 4.40. The van der Waals surface area contributed by atoms with Crippen molar-refractivity contribution in [3.05, 3.63) is 71.2 Å². The molecule has 0 aliphatic carbocycles. The van der Waals surface area contributed by atoms with Crippen LogP contribution in [-0.2, 0) is 10.0 Å². The number of aromatic nitrogens is 1. The van der Waals surface area contributed by atoms with E-state index in [0.29, 0.717) is 16.5 Å². The highest BCUT2D eigenvalue weighted by Gasteiger charge is 2.26. The second kappa shape index (κ2) is 9.08. The van der Waals surface area contributed by atoms with E-state index in [1.807, 2.05) is 0 Å². The van der Waals surface area contributed by atoms with Crippen LogP contribution in [-0.4, -0.2) is 50.7 Å². The molecule has 0 radical (unpaired) electrons. The van der Waals surface area contributed by atoms with E-state index in [1.165, 1.54) is 50.5 Å². The number of aromatic carboxylic acids is 1. The summed E-state index contributed by atoms with van der Waals surface area (Å²) < 4.78 is 45.4. The normalized spacial score (nSPS) is 11.5. The minimum Gasteiger partial charge on any atom is -0.477 e. The first-order valence-corrected chi connectivity index (χ1v) is 12.5. The van der Waals surface area contributed by atoms with E-state index in [9.17, 15) is 27.5 Å². The molecule has 0 aliphatic rings. The van der Waals surface area contributed by atoms with E-state index >= 15 is 0 Å². The van der Waals surface area contributed by atoms with Gasteiger partial charge in [0.05, 0.1) is 23.2 Å². The maximum Gasteiger partial charge on any atom is 0.354 e. The molecule has 11 heteroatoms. The average molecular weight is 512 g/mol. The van der Waals surface area contributed by atoms with Crippen molar-refractivity contribution >= 4 is 38.6 Å². The molecule has 0 saturated carbocycles. The van der Waals surface area contributed by atoms with Gasteiger partial charge in [-0.15, -0.1) is 0 Å². The number of nitrogens with one attached hydrogen (secondary N) is 1. The topological polar surface area (TPSA) is 130 Å². The lowest BCUT2D eigenvalue weighted by Crippen LogP contribution is -2.25. The van der Waals surface area contributed by atoms with Crippen molar-refractivity contribution in [2.45, 2.75) is 6.92 Å². The Morgan fingerprint density at radius 3 is 2.36 bits per heavy atom. The molecular formula is C25H22FN3O6S. The van der Waals surface area contributed by atoms with Gasteiger partial charge >= 0.3 is 5.97 Å². The van der Waals surface area contributed by atoms with E-state index in [2.05, 4.69) is 10.3 Å². The number of carbonyl (C=O) groups excluding carboxylic acids is 1. The van der Waals surface area contributed by atoms with E-state index < -0.39 is 27.7 Å². The summed E-state index contributed by atoms with van der Waals surface area (Å²) in [6.45, 7) is 1.60. The van der Waals surface area contributed by atoms with Crippen LogP contribution in [0.5, 0.6) is 0 Å². The smallest absolute Gasteiger partial charge is 0.354 e. The maximum atomic E-state index is 13.5. The number of carbonyl (C=O) groups is 2. The Bertz CT molecular complexity index is 1630. The Labute approximate surface area is 206 Å². The van der Waals surface area contributed by atoms with Crippen LogP contribution in [0.15, 0.2) is 52.9 Å². The molecule has 186 valence electrons. The Kier molecular flexibility index (Phi) is 6.27. The number of rotatable bonds is 6. The quantitative estimate of drug-likeness (QED) is 0.399. The third-order valence-corrected chi connectivity index (χ3v) is 6.97. The molecule has 0 fully saturated rings. The Balaban J connectivity index is 2.10.